The summed E-state index contributed by atoms with van der Waals surface area (Å²) < 4.78 is 0. The molecule has 1 aliphatic heterocycles. The first kappa shape index (κ1) is 19.7. The Labute approximate surface area is 177 Å². The minimum absolute atomic E-state index is 0.0759. The lowest BCUT2D eigenvalue weighted by molar-refractivity contribution is -0.115. The van der Waals surface area contributed by atoms with Gasteiger partial charge < -0.3 is 0 Å². The van der Waals surface area contributed by atoms with Crippen LogP contribution >= 0.6 is 11.8 Å². The number of benzene rings is 2. The second-order valence-corrected chi connectivity index (χ2v) is 9.62. The van der Waals surface area contributed by atoms with E-state index in [9.17, 15) is 4.79 Å². The Morgan fingerprint density at radius 3 is 2.34 bits per heavy atom. The average Bonchev–Trinajstić information content (AvgIpc) is 3.09. The van der Waals surface area contributed by atoms with E-state index in [-0.39, 0.29) is 16.7 Å². The molecule has 2 aromatic carbocycles. The molecule has 0 spiro atoms. The molecule has 0 saturated carbocycles. The highest BCUT2D eigenvalue weighted by Crippen LogP contribution is 2.45. The maximum Gasteiger partial charge on any atom is 0.238 e. The lowest BCUT2D eigenvalue weighted by Gasteiger charge is -2.27. The first-order chi connectivity index (χ1) is 13.8. The largest absolute Gasteiger partial charge is 0.295 e. The molecule has 1 saturated heterocycles. The summed E-state index contributed by atoms with van der Waals surface area (Å²) in [6, 6.07) is 19.0. The zero-order valence-electron chi connectivity index (χ0n) is 17.3. The van der Waals surface area contributed by atoms with Crippen LogP contribution in [0.3, 0.4) is 0 Å². The second-order valence-electron chi connectivity index (χ2n) is 8.55. The van der Waals surface area contributed by atoms with Crippen molar-refractivity contribution in [3.8, 4) is 11.1 Å². The van der Waals surface area contributed by atoms with Gasteiger partial charge in [-0.2, -0.15) is 0 Å². The Morgan fingerprint density at radius 1 is 1.00 bits per heavy atom. The summed E-state index contributed by atoms with van der Waals surface area (Å²) in [4.78, 5) is 19.1. The summed E-state index contributed by atoms with van der Waals surface area (Å²) in [7, 11) is 0. The quantitative estimate of drug-likeness (QED) is 0.528. The zero-order chi connectivity index (χ0) is 20.6. The van der Waals surface area contributed by atoms with Gasteiger partial charge in [0.05, 0.1) is 5.75 Å². The van der Waals surface area contributed by atoms with E-state index in [2.05, 4.69) is 81.2 Å². The number of hydrogen-bond acceptors (Lipinski definition) is 3. The smallest absolute Gasteiger partial charge is 0.238 e. The molecule has 1 aromatic heterocycles. The first-order valence-electron chi connectivity index (χ1n) is 9.90. The van der Waals surface area contributed by atoms with E-state index in [1.54, 1.807) is 11.8 Å². The third kappa shape index (κ3) is 3.95. The molecule has 0 N–H and O–H groups in total. The predicted molar refractivity (Wildman–Crippen MR) is 122 cm³/mol. The standard InChI is InChI=1S/C25H26N2OS/c1-17-5-7-18(8-6-17)21-13-14-26-15-22(21)24-27(23(28)16-29-24)20-11-9-19(10-12-20)25(2,3)4/h5-15,24H,16H2,1-4H3. The van der Waals surface area contributed by atoms with Crippen LogP contribution in [-0.4, -0.2) is 16.6 Å². The van der Waals surface area contributed by atoms with E-state index in [1.807, 2.05) is 23.4 Å². The fourth-order valence-corrected chi connectivity index (χ4v) is 4.85. The molecule has 3 nitrogen and oxygen atoms in total. The van der Waals surface area contributed by atoms with Crippen molar-refractivity contribution in [1.82, 2.24) is 4.98 Å². The molecular formula is C25H26N2OS. The van der Waals surface area contributed by atoms with Crippen molar-refractivity contribution in [2.24, 2.45) is 0 Å². The van der Waals surface area contributed by atoms with E-state index >= 15 is 0 Å². The number of nitrogens with zero attached hydrogens (tertiary/aromatic N) is 2. The van der Waals surface area contributed by atoms with E-state index in [0.29, 0.717) is 5.75 Å². The summed E-state index contributed by atoms with van der Waals surface area (Å²) >= 11 is 1.66. The minimum atomic E-state index is -0.0759. The van der Waals surface area contributed by atoms with E-state index in [1.165, 1.54) is 11.1 Å². The molecule has 1 amide bonds. The van der Waals surface area contributed by atoms with Crippen molar-refractivity contribution in [3.05, 3.63) is 83.7 Å². The molecular weight excluding hydrogens is 376 g/mol. The molecule has 3 aromatic rings. The van der Waals surface area contributed by atoms with Crippen LogP contribution in [0.2, 0.25) is 0 Å². The Morgan fingerprint density at radius 2 is 1.69 bits per heavy atom. The monoisotopic (exact) mass is 402 g/mol. The zero-order valence-corrected chi connectivity index (χ0v) is 18.2. The van der Waals surface area contributed by atoms with Gasteiger partial charge in [-0.1, -0.05) is 62.7 Å². The van der Waals surface area contributed by atoms with Gasteiger partial charge in [0, 0.05) is 23.6 Å². The molecule has 1 fully saturated rings. The van der Waals surface area contributed by atoms with Gasteiger partial charge >= 0.3 is 0 Å². The van der Waals surface area contributed by atoms with Gasteiger partial charge in [-0.05, 0) is 47.2 Å². The number of aromatic nitrogens is 1. The van der Waals surface area contributed by atoms with E-state index < -0.39 is 0 Å². The van der Waals surface area contributed by atoms with Gasteiger partial charge in [-0.3, -0.25) is 14.7 Å². The summed E-state index contributed by atoms with van der Waals surface area (Å²) in [5.74, 6) is 0.621. The highest BCUT2D eigenvalue weighted by molar-refractivity contribution is 8.00. The van der Waals surface area contributed by atoms with Crippen LogP contribution in [0.1, 0.15) is 42.8 Å². The minimum Gasteiger partial charge on any atom is -0.295 e. The third-order valence-corrected chi connectivity index (χ3v) is 6.55. The van der Waals surface area contributed by atoms with Gasteiger partial charge in [0.2, 0.25) is 5.91 Å². The van der Waals surface area contributed by atoms with Gasteiger partial charge in [0.25, 0.3) is 0 Å². The van der Waals surface area contributed by atoms with Gasteiger partial charge in [0.1, 0.15) is 5.37 Å². The SMILES string of the molecule is Cc1ccc(-c2ccncc2C2SCC(=O)N2c2ccc(C(C)(C)C)cc2)cc1. The number of carbonyl (C=O) groups is 1. The van der Waals surface area contributed by atoms with Crippen molar-refractivity contribution >= 4 is 23.4 Å². The normalized spacial score (nSPS) is 17.0. The number of hydrogen-bond donors (Lipinski definition) is 0. The van der Waals surface area contributed by atoms with Crippen LogP contribution in [0.4, 0.5) is 5.69 Å². The number of anilines is 1. The molecule has 148 valence electrons. The van der Waals surface area contributed by atoms with Gasteiger partial charge in [0.15, 0.2) is 0 Å². The maximum absolute atomic E-state index is 12.8. The lowest BCUT2D eigenvalue weighted by atomic mass is 9.87. The molecule has 4 rings (SSSR count). The molecule has 4 heteroatoms. The van der Waals surface area contributed by atoms with Crippen molar-refractivity contribution in [1.29, 1.82) is 0 Å². The van der Waals surface area contributed by atoms with Crippen LogP contribution in [0.5, 0.6) is 0 Å². The summed E-state index contributed by atoms with van der Waals surface area (Å²) in [6.45, 7) is 8.69. The van der Waals surface area contributed by atoms with Gasteiger partial charge in [-0.25, -0.2) is 0 Å². The predicted octanol–water partition coefficient (Wildman–Crippen LogP) is 6.13. The van der Waals surface area contributed by atoms with Gasteiger partial charge in [-0.15, -0.1) is 11.8 Å². The number of thioether (sulfide) groups is 1. The topological polar surface area (TPSA) is 33.2 Å². The second kappa shape index (κ2) is 7.68. The summed E-state index contributed by atoms with van der Waals surface area (Å²) in [6.07, 6.45) is 3.73. The van der Waals surface area contributed by atoms with E-state index in [4.69, 9.17) is 0 Å². The van der Waals surface area contributed by atoms with E-state index in [0.717, 1.165) is 22.4 Å². The van der Waals surface area contributed by atoms with Crippen molar-refractivity contribution < 1.29 is 4.79 Å². The Bertz CT molecular complexity index is 1020. The first-order valence-corrected chi connectivity index (χ1v) is 10.9. The number of aryl methyl sites for hydroxylation is 1. The maximum atomic E-state index is 12.8. The number of pyridine rings is 1. The fourth-order valence-electron chi connectivity index (χ4n) is 3.65. The van der Waals surface area contributed by atoms with Crippen LogP contribution in [-0.2, 0) is 10.2 Å². The lowest BCUT2D eigenvalue weighted by Crippen LogP contribution is -2.28. The fraction of sp³-hybridized carbons (Fsp3) is 0.280. The molecule has 0 aliphatic carbocycles. The van der Waals surface area contributed by atoms with Crippen LogP contribution < -0.4 is 4.90 Å². The van der Waals surface area contributed by atoms with Crippen LogP contribution in [0, 0.1) is 6.92 Å². The summed E-state index contributed by atoms with van der Waals surface area (Å²) in [5, 5.41) is -0.0759. The summed E-state index contributed by atoms with van der Waals surface area (Å²) in [5.41, 5.74) is 6.88. The van der Waals surface area contributed by atoms with Crippen LogP contribution in [0.15, 0.2) is 67.0 Å². The number of carbonyl (C=O) groups excluding carboxylic acids is 1. The Hall–Kier alpha value is -2.59. The van der Waals surface area contributed by atoms with Crippen molar-refractivity contribution in [3.63, 3.8) is 0 Å². The Balaban J connectivity index is 1.73. The molecule has 0 bridgehead atoms. The molecule has 1 aliphatic rings. The molecule has 29 heavy (non-hydrogen) atoms. The molecule has 1 unspecified atom stereocenters. The number of rotatable bonds is 3. The van der Waals surface area contributed by atoms with Crippen molar-refractivity contribution in [2.75, 3.05) is 10.7 Å². The average molecular weight is 403 g/mol. The molecule has 1 atom stereocenters. The highest BCUT2D eigenvalue weighted by atomic mass is 32.2. The molecule has 0 radical (unpaired) electrons. The van der Waals surface area contributed by atoms with Crippen molar-refractivity contribution in [2.45, 2.75) is 38.5 Å². The Kier molecular flexibility index (Phi) is 5.22. The van der Waals surface area contributed by atoms with Crippen LogP contribution in [0.25, 0.3) is 11.1 Å². The number of amides is 1. The highest BCUT2D eigenvalue weighted by Gasteiger charge is 2.35. The third-order valence-electron chi connectivity index (χ3n) is 5.36. The molecule has 2 heterocycles.